The van der Waals surface area contributed by atoms with Gasteiger partial charge in [-0.15, -0.1) is 0 Å². The number of non-ortho nitro benzene ring substituents is 1. The number of nitrogens with zero attached hydrogens (tertiary/aromatic N) is 2. The number of rotatable bonds is 14. The number of nitro benzene ring substituents is 1. The Morgan fingerprint density at radius 2 is 1.48 bits per heavy atom. The van der Waals surface area contributed by atoms with E-state index in [4.69, 9.17) is 9.16 Å². The van der Waals surface area contributed by atoms with Gasteiger partial charge >= 0.3 is 0 Å². The Balaban J connectivity index is 1.52. The van der Waals surface area contributed by atoms with Crippen molar-refractivity contribution in [3.8, 4) is 5.75 Å². The van der Waals surface area contributed by atoms with Crippen LogP contribution in [0.5, 0.6) is 5.75 Å². The second-order valence-electron chi connectivity index (χ2n) is 13.8. The number of fused-ring (bicyclic) bond motifs is 1. The fourth-order valence-electron chi connectivity index (χ4n) is 5.50. The van der Waals surface area contributed by atoms with Crippen LogP contribution in [0, 0.1) is 10.1 Å². The minimum absolute atomic E-state index is 0.0306. The lowest BCUT2D eigenvalue weighted by Gasteiger charge is -2.41. The lowest BCUT2D eigenvalue weighted by molar-refractivity contribution is -0.384. The van der Waals surface area contributed by atoms with Gasteiger partial charge in [0, 0.05) is 43.2 Å². The molecule has 1 N–H and O–H groups in total. The van der Waals surface area contributed by atoms with Crippen molar-refractivity contribution >= 4 is 24.9 Å². The molecule has 0 aliphatic heterocycles. The number of benzene rings is 4. The molecule has 250 valence electrons. The molecule has 0 aliphatic carbocycles. The van der Waals surface area contributed by atoms with Crippen molar-refractivity contribution in [2.75, 3.05) is 13.1 Å². The maximum absolute atomic E-state index is 12.6. The highest BCUT2D eigenvalue weighted by Gasteiger charge is 2.40. The van der Waals surface area contributed by atoms with E-state index in [9.17, 15) is 14.9 Å². The molecule has 0 radical (unpaired) electrons. The topological polar surface area (TPSA) is 97.7 Å². The van der Waals surface area contributed by atoms with Gasteiger partial charge in [-0.1, -0.05) is 99.6 Å². The maximum Gasteiger partial charge on any atom is 0.269 e. The summed E-state index contributed by atoms with van der Waals surface area (Å²) in [6.45, 7) is 13.7. The van der Waals surface area contributed by atoms with Crippen LogP contribution >= 0.6 is 0 Å². The molecular weight excluding hydrogens is 619 g/mol. The smallest absolute Gasteiger partial charge is 0.269 e. The van der Waals surface area contributed by atoms with E-state index >= 15 is 0 Å². The summed E-state index contributed by atoms with van der Waals surface area (Å²) in [5, 5.41) is 12.1. The second kappa shape index (κ2) is 15.1. The van der Waals surface area contributed by atoms with Crippen molar-refractivity contribution in [2.45, 2.75) is 64.6 Å². The van der Waals surface area contributed by atoms with E-state index in [1.165, 1.54) is 5.56 Å². The highest BCUT2D eigenvalue weighted by atomic mass is 28.4. The van der Waals surface area contributed by atoms with Gasteiger partial charge < -0.3 is 14.1 Å². The van der Waals surface area contributed by atoms with Crippen LogP contribution in [0.3, 0.4) is 0 Å². The molecular formula is C39H45N3O5Si. The minimum Gasteiger partial charge on any atom is -0.487 e. The summed E-state index contributed by atoms with van der Waals surface area (Å²) in [6, 6.07) is 34.6. The first kappa shape index (κ1) is 34.8. The zero-order chi connectivity index (χ0) is 34.3. The molecule has 0 spiro atoms. The molecule has 0 saturated carbocycles. The van der Waals surface area contributed by atoms with Gasteiger partial charge in [-0.25, -0.2) is 0 Å². The fourth-order valence-corrected chi connectivity index (χ4v) is 6.76. The normalized spacial score (nSPS) is 12.7. The number of hydrogen-bond donors (Lipinski definition) is 1. The first-order chi connectivity index (χ1) is 22.9. The van der Waals surface area contributed by atoms with Crippen molar-refractivity contribution in [3.05, 3.63) is 152 Å². The summed E-state index contributed by atoms with van der Waals surface area (Å²) in [5.74, 6) is 0.612. The van der Waals surface area contributed by atoms with Crippen LogP contribution in [-0.2, 0) is 24.0 Å². The fraction of sp³-hybridized carbons (Fsp3) is 0.308. The average molecular weight is 664 g/mol. The third kappa shape index (κ3) is 8.86. The number of pyridine rings is 1. The predicted molar refractivity (Wildman–Crippen MR) is 195 cm³/mol. The standard InChI is InChI=1S/C39H45N3O5Si/c1-39(2,3)48(4,5)47-36(27-41(26-30-12-8-6-9-13-30)25-24-29-16-18-32(19-17-29)42(44)45)33-20-22-35(38-34(33)21-23-37(43)40-38)46-28-31-14-10-7-11-15-31/h6-23,36H,24-28H2,1-5H3,(H,40,43)/t36-/m0/s1. The van der Waals surface area contributed by atoms with Crippen LogP contribution < -0.4 is 10.3 Å². The zero-order valence-electron chi connectivity index (χ0n) is 28.4. The van der Waals surface area contributed by atoms with Crippen molar-refractivity contribution in [2.24, 2.45) is 0 Å². The second-order valence-corrected chi connectivity index (χ2v) is 18.6. The summed E-state index contributed by atoms with van der Waals surface area (Å²) < 4.78 is 13.5. The molecule has 9 heteroatoms. The molecule has 0 amide bonds. The Morgan fingerprint density at radius 1 is 0.833 bits per heavy atom. The van der Waals surface area contributed by atoms with E-state index in [2.05, 4.69) is 61.9 Å². The Hall–Kier alpha value is -4.57. The van der Waals surface area contributed by atoms with Gasteiger partial charge in [0.15, 0.2) is 8.32 Å². The van der Waals surface area contributed by atoms with Crippen LogP contribution in [0.1, 0.15) is 49.1 Å². The van der Waals surface area contributed by atoms with Gasteiger partial charge in [0.2, 0.25) is 5.56 Å². The number of nitro groups is 1. The molecule has 8 nitrogen and oxygen atoms in total. The van der Waals surface area contributed by atoms with E-state index in [1.807, 2.05) is 72.8 Å². The highest BCUT2D eigenvalue weighted by Crippen LogP contribution is 2.42. The third-order valence-electron chi connectivity index (χ3n) is 9.25. The highest BCUT2D eigenvalue weighted by molar-refractivity contribution is 6.74. The Kier molecular flexibility index (Phi) is 10.9. The van der Waals surface area contributed by atoms with Gasteiger partial charge in [0.25, 0.3) is 5.69 Å². The quantitative estimate of drug-likeness (QED) is 0.0725. The van der Waals surface area contributed by atoms with E-state index in [1.54, 1.807) is 18.2 Å². The number of nitrogens with one attached hydrogen (secondary N) is 1. The van der Waals surface area contributed by atoms with Crippen LogP contribution in [0.2, 0.25) is 18.1 Å². The van der Waals surface area contributed by atoms with E-state index in [-0.39, 0.29) is 27.3 Å². The van der Waals surface area contributed by atoms with Crippen LogP contribution in [0.15, 0.2) is 114 Å². The Bertz CT molecular complexity index is 1870. The van der Waals surface area contributed by atoms with E-state index in [0.717, 1.165) is 35.0 Å². The first-order valence-corrected chi connectivity index (χ1v) is 19.3. The van der Waals surface area contributed by atoms with Crippen molar-refractivity contribution < 1.29 is 14.1 Å². The zero-order valence-corrected chi connectivity index (χ0v) is 29.4. The summed E-state index contributed by atoms with van der Waals surface area (Å²) in [5.41, 5.74) is 4.79. The Labute approximate surface area is 283 Å². The van der Waals surface area contributed by atoms with Crippen LogP contribution in [0.25, 0.3) is 10.9 Å². The number of ether oxygens (including phenoxy) is 1. The van der Waals surface area contributed by atoms with Gasteiger partial charge in [-0.2, -0.15) is 0 Å². The van der Waals surface area contributed by atoms with Gasteiger partial charge in [0.1, 0.15) is 12.4 Å². The summed E-state index contributed by atoms with van der Waals surface area (Å²) >= 11 is 0. The number of aromatic nitrogens is 1. The average Bonchev–Trinajstić information content (AvgIpc) is 3.06. The Morgan fingerprint density at radius 3 is 2.10 bits per heavy atom. The molecule has 0 fully saturated rings. The molecule has 48 heavy (non-hydrogen) atoms. The largest absolute Gasteiger partial charge is 0.487 e. The van der Waals surface area contributed by atoms with Gasteiger partial charge in [-0.3, -0.25) is 19.8 Å². The number of H-pyrrole nitrogens is 1. The molecule has 1 atom stereocenters. The minimum atomic E-state index is -2.28. The molecule has 4 aromatic carbocycles. The third-order valence-corrected chi connectivity index (χ3v) is 13.7. The van der Waals surface area contributed by atoms with E-state index in [0.29, 0.717) is 31.0 Å². The summed E-state index contributed by atoms with van der Waals surface area (Å²) in [4.78, 5) is 28.9. The van der Waals surface area contributed by atoms with Crippen molar-refractivity contribution in [1.82, 2.24) is 9.88 Å². The monoisotopic (exact) mass is 663 g/mol. The SMILES string of the molecule is CC(C)(C)[Si](C)(C)O[C@@H](CN(CCc1ccc([N+](=O)[O-])cc1)Cc1ccccc1)c1ccc(OCc2ccccc2)c2[nH]c(=O)ccc12. The lowest BCUT2D eigenvalue weighted by Crippen LogP contribution is -2.44. The van der Waals surface area contributed by atoms with Gasteiger partial charge in [0.05, 0.1) is 16.5 Å². The summed E-state index contributed by atoms with van der Waals surface area (Å²) in [6.07, 6.45) is 0.417. The first-order valence-electron chi connectivity index (χ1n) is 16.4. The summed E-state index contributed by atoms with van der Waals surface area (Å²) in [7, 11) is -2.28. The molecule has 1 heterocycles. The number of hydrogen-bond acceptors (Lipinski definition) is 6. The van der Waals surface area contributed by atoms with Gasteiger partial charge in [-0.05, 0) is 58.9 Å². The number of aromatic amines is 1. The van der Waals surface area contributed by atoms with Crippen molar-refractivity contribution in [1.29, 1.82) is 0 Å². The van der Waals surface area contributed by atoms with Crippen LogP contribution in [0.4, 0.5) is 5.69 Å². The van der Waals surface area contributed by atoms with E-state index < -0.39 is 8.32 Å². The molecule has 0 unspecified atom stereocenters. The van der Waals surface area contributed by atoms with Crippen LogP contribution in [-0.4, -0.2) is 36.2 Å². The molecule has 0 aliphatic rings. The molecule has 5 aromatic rings. The molecule has 5 rings (SSSR count). The van der Waals surface area contributed by atoms with Crippen molar-refractivity contribution in [3.63, 3.8) is 0 Å². The maximum atomic E-state index is 12.6. The molecule has 0 bridgehead atoms. The molecule has 1 aromatic heterocycles. The lowest BCUT2D eigenvalue weighted by atomic mass is 10.0. The predicted octanol–water partition coefficient (Wildman–Crippen LogP) is 8.82. The molecule has 0 saturated heterocycles.